The van der Waals surface area contributed by atoms with Crippen molar-refractivity contribution < 1.29 is 0 Å². The van der Waals surface area contributed by atoms with Crippen molar-refractivity contribution in [2.45, 2.75) is 65.5 Å². The van der Waals surface area contributed by atoms with Crippen LogP contribution in [0.15, 0.2) is 0 Å². The Labute approximate surface area is 105 Å². The van der Waals surface area contributed by atoms with Crippen molar-refractivity contribution in [3.8, 4) is 0 Å². The van der Waals surface area contributed by atoms with E-state index >= 15 is 0 Å². The first-order valence-corrected chi connectivity index (χ1v) is 6.52. The van der Waals surface area contributed by atoms with Crippen LogP contribution in [-0.4, -0.2) is 16.3 Å². The molecule has 17 heavy (non-hydrogen) atoms. The Morgan fingerprint density at radius 1 is 1.06 bits per heavy atom. The molecule has 1 aromatic rings. The standard InChI is InChI=1S/C14H25N3/c1-13(2,3)11-10-9-15-7-8-17(10)16-12(11)14(4,5)6/h15H,7-9H2,1-6H3. The average Bonchev–Trinajstić information content (AvgIpc) is 2.54. The molecule has 0 spiro atoms. The van der Waals surface area contributed by atoms with E-state index in [1.165, 1.54) is 17.0 Å². The lowest BCUT2D eigenvalue weighted by Gasteiger charge is -2.27. The number of aromatic nitrogens is 2. The lowest BCUT2D eigenvalue weighted by molar-refractivity contribution is 0.460. The minimum Gasteiger partial charge on any atom is -0.309 e. The summed E-state index contributed by atoms with van der Waals surface area (Å²) < 4.78 is 2.21. The van der Waals surface area contributed by atoms with E-state index < -0.39 is 0 Å². The Hall–Kier alpha value is -0.830. The first-order chi connectivity index (χ1) is 7.71. The van der Waals surface area contributed by atoms with Gasteiger partial charge in [0.1, 0.15) is 0 Å². The molecule has 1 N–H and O–H groups in total. The molecule has 1 aromatic heterocycles. The SMILES string of the molecule is CC(C)(C)c1nn2c(c1C(C)(C)C)CNCC2. The highest BCUT2D eigenvalue weighted by atomic mass is 15.3. The summed E-state index contributed by atoms with van der Waals surface area (Å²) in [7, 11) is 0. The van der Waals surface area contributed by atoms with Gasteiger partial charge in [-0.15, -0.1) is 0 Å². The van der Waals surface area contributed by atoms with Crippen LogP contribution in [-0.2, 0) is 23.9 Å². The van der Waals surface area contributed by atoms with Crippen LogP contribution in [0.3, 0.4) is 0 Å². The summed E-state index contributed by atoms with van der Waals surface area (Å²) >= 11 is 0. The largest absolute Gasteiger partial charge is 0.309 e. The van der Waals surface area contributed by atoms with Crippen molar-refractivity contribution in [2.24, 2.45) is 0 Å². The summed E-state index contributed by atoms with van der Waals surface area (Å²) in [5, 5.41) is 8.32. The second-order valence-corrected chi connectivity index (χ2v) is 7.07. The van der Waals surface area contributed by atoms with E-state index in [2.05, 4.69) is 51.5 Å². The fourth-order valence-corrected chi connectivity index (χ4v) is 2.57. The van der Waals surface area contributed by atoms with Crippen LogP contribution < -0.4 is 5.32 Å². The number of rotatable bonds is 0. The van der Waals surface area contributed by atoms with Crippen molar-refractivity contribution >= 4 is 0 Å². The molecule has 0 saturated heterocycles. The van der Waals surface area contributed by atoms with Gasteiger partial charge in [0.15, 0.2) is 0 Å². The van der Waals surface area contributed by atoms with Crippen molar-refractivity contribution in [1.82, 2.24) is 15.1 Å². The quantitative estimate of drug-likeness (QED) is 0.749. The van der Waals surface area contributed by atoms with E-state index in [0.717, 1.165) is 19.6 Å². The molecule has 0 bridgehead atoms. The highest BCUT2D eigenvalue weighted by molar-refractivity contribution is 5.37. The average molecular weight is 235 g/mol. The number of nitrogens with zero attached hydrogens (tertiary/aromatic N) is 2. The zero-order valence-corrected chi connectivity index (χ0v) is 12.0. The molecule has 0 radical (unpaired) electrons. The fourth-order valence-electron chi connectivity index (χ4n) is 2.57. The Morgan fingerprint density at radius 2 is 1.71 bits per heavy atom. The molecule has 0 amide bonds. The van der Waals surface area contributed by atoms with Gasteiger partial charge in [-0.25, -0.2) is 0 Å². The van der Waals surface area contributed by atoms with E-state index in [9.17, 15) is 0 Å². The third-order valence-electron chi connectivity index (χ3n) is 3.31. The first kappa shape index (κ1) is 12.6. The molecule has 0 unspecified atom stereocenters. The third-order valence-corrected chi connectivity index (χ3v) is 3.31. The van der Waals surface area contributed by atoms with Crippen LogP contribution in [0.5, 0.6) is 0 Å². The lowest BCUT2D eigenvalue weighted by Crippen LogP contribution is -2.30. The minimum atomic E-state index is 0.118. The van der Waals surface area contributed by atoms with Crippen molar-refractivity contribution in [1.29, 1.82) is 0 Å². The van der Waals surface area contributed by atoms with Gasteiger partial charge in [0.2, 0.25) is 0 Å². The Bertz CT molecular complexity index is 416. The topological polar surface area (TPSA) is 29.9 Å². The zero-order valence-electron chi connectivity index (χ0n) is 12.0. The van der Waals surface area contributed by atoms with Gasteiger partial charge >= 0.3 is 0 Å². The van der Waals surface area contributed by atoms with Gasteiger partial charge in [0.05, 0.1) is 17.9 Å². The maximum absolute atomic E-state index is 4.87. The van der Waals surface area contributed by atoms with Crippen LogP contribution in [0.2, 0.25) is 0 Å². The molecule has 2 rings (SSSR count). The van der Waals surface area contributed by atoms with E-state index in [0.29, 0.717) is 0 Å². The summed E-state index contributed by atoms with van der Waals surface area (Å²) in [6, 6.07) is 0. The monoisotopic (exact) mass is 235 g/mol. The molecule has 3 heteroatoms. The molecule has 0 saturated carbocycles. The van der Waals surface area contributed by atoms with Crippen LogP contribution in [0.4, 0.5) is 0 Å². The van der Waals surface area contributed by atoms with Crippen LogP contribution in [0, 0.1) is 0 Å². The Kier molecular flexibility index (Phi) is 2.85. The molecule has 0 aromatic carbocycles. The Balaban J connectivity index is 2.64. The molecule has 3 nitrogen and oxygen atoms in total. The highest BCUT2D eigenvalue weighted by Crippen LogP contribution is 2.36. The van der Waals surface area contributed by atoms with Crippen molar-refractivity contribution in [3.05, 3.63) is 17.0 Å². The second kappa shape index (κ2) is 3.84. The van der Waals surface area contributed by atoms with Crippen LogP contribution in [0.25, 0.3) is 0 Å². The van der Waals surface area contributed by atoms with E-state index in [4.69, 9.17) is 5.10 Å². The fraction of sp³-hybridized carbons (Fsp3) is 0.786. The maximum Gasteiger partial charge on any atom is 0.0718 e. The number of hydrogen-bond donors (Lipinski definition) is 1. The van der Waals surface area contributed by atoms with E-state index in [-0.39, 0.29) is 10.8 Å². The van der Waals surface area contributed by atoms with Crippen molar-refractivity contribution in [3.63, 3.8) is 0 Å². The molecule has 1 aliphatic rings. The summed E-state index contributed by atoms with van der Waals surface area (Å²) in [6.45, 7) is 16.6. The number of fused-ring (bicyclic) bond motifs is 1. The predicted octanol–water partition coefficient (Wildman–Crippen LogP) is 2.58. The van der Waals surface area contributed by atoms with Crippen molar-refractivity contribution in [2.75, 3.05) is 6.54 Å². The van der Waals surface area contributed by atoms with E-state index in [1.807, 2.05) is 0 Å². The maximum atomic E-state index is 4.87. The highest BCUT2D eigenvalue weighted by Gasteiger charge is 2.33. The van der Waals surface area contributed by atoms with Crippen LogP contribution >= 0.6 is 0 Å². The first-order valence-electron chi connectivity index (χ1n) is 6.52. The normalized spacial score (nSPS) is 17.1. The molecule has 0 fully saturated rings. The van der Waals surface area contributed by atoms with Gasteiger partial charge < -0.3 is 5.32 Å². The third kappa shape index (κ3) is 2.25. The molecule has 2 heterocycles. The summed E-state index contributed by atoms with van der Waals surface area (Å²) in [6.07, 6.45) is 0. The molecular formula is C14H25N3. The van der Waals surface area contributed by atoms with Gasteiger partial charge in [-0.1, -0.05) is 41.5 Å². The van der Waals surface area contributed by atoms with Gasteiger partial charge in [-0.05, 0) is 5.41 Å². The van der Waals surface area contributed by atoms with Crippen LogP contribution in [0.1, 0.15) is 58.5 Å². The predicted molar refractivity (Wildman–Crippen MR) is 71.3 cm³/mol. The van der Waals surface area contributed by atoms with Gasteiger partial charge in [-0.2, -0.15) is 5.10 Å². The Morgan fingerprint density at radius 3 is 2.24 bits per heavy atom. The van der Waals surface area contributed by atoms with E-state index in [1.54, 1.807) is 0 Å². The molecule has 0 atom stereocenters. The summed E-state index contributed by atoms with van der Waals surface area (Å²) in [5.74, 6) is 0. The minimum absolute atomic E-state index is 0.118. The molecule has 0 aliphatic carbocycles. The molecule has 1 aliphatic heterocycles. The lowest BCUT2D eigenvalue weighted by atomic mass is 9.78. The molecular weight excluding hydrogens is 210 g/mol. The summed E-state index contributed by atoms with van der Waals surface area (Å²) in [4.78, 5) is 0. The second-order valence-electron chi connectivity index (χ2n) is 7.07. The smallest absolute Gasteiger partial charge is 0.0718 e. The zero-order chi connectivity index (χ0) is 12.8. The van der Waals surface area contributed by atoms with Gasteiger partial charge in [0.25, 0.3) is 0 Å². The van der Waals surface area contributed by atoms with Gasteiger partial charge in [-0.3, -0.25) is 4.68 Å². The number of hydrogen-bond acceptors (Lipinski definition) is 2. The summed E-state index contributed by atoms with van der Waals surface area (Å²) in [5.41, 5.74) is 4.37. The van der Waals surface area contributed by atoms with Gasteiger partial charge in [0, 0.05) is 24.1 Å². The molecule has 96 valence electrons. The number of nitrogens with one attached hydrogen (secondary N) is 1.